The second-order valence-corrected chi connectivity index (χ2v) is 7.55. The van der Waals surface area contributed by atoms with Gasteiger partial charge in [0.1, 0.15) is 12.1 Å². The SMILES string of the molecule is COC(=O)CCc1ccc(F)cc1CC1C2CCC(O2)C1c1nc(C(=O)O)co1. The maximum absolute atomic E-state index is 14.0. The number of hydrogen-bond acceptors (Lipinski definition) is 6. The van der Waals surface area contributed by atoms with Crippen LogP contribution in [0.3, 0.4) is 0 Å². The van der Waals surface area contributed by atoms with Crippen molar-refractivity contribution in [3.63, 3.8) is 0 Å². The first kappa shape index (κ1) is 19.6. The molecule has 7 nitrogen and oxygen atoms in total. The van der Waals surface area contributed by atoms with Gasteiger partial charge < -0.3 is 19.0 Å². The minimum absolute atomic E-state index is 0.00674. The summed E-state index contributed by atoms with van der Waals surface area (Å²) in [6, 6.07) is 4.58. The predicted octanol–water partition coefficient (Wildman–Crippen LogP) is 3.12. The first-order chi connectivity index (χ1) is 14.0. The number of methoxy groups -OCH3 is 1. The van der Waals surface area contributed by atoms with Crippen molar-refractivity contribution in [3.8, 4) is 0 Å². The van der Waals surface area contributed by atoms with Crippen molar-refractivity contribution in [2.45, 2.75) is 50.2 Å². The number of aromatic carboxylic acids is 1. The van der Waals surface area contributed by atoms with E-state index in [-0.39, 0.29) is 47.9 Å². The average Bonchev–Trinajstić information content (AvgIpc) is 3.43. The van der Waals surface area contributed by atoms with Crippen LogP contribution in [-0.2, 0) is 27.1 Å². The Balaban J connectivity index is 1.59. The molecule has 2 fully saturated rings. The molecule has 2 aliphatic rings. The number of oxazole rings is 1. The zero-order chi connectivity index (χ0) is 20.5. The van der Waals surface area contributed by atoms with Crippen molar-refractivity contribution in [1.82, 2.24) is 4.98 Å². The van der Waals surface area contributed by atoms with E-state index in [9.17, 15) is 14.0 Å². The number of carboxylic acid groups (broad SMARTS) is 1. The quantitative estimate of drug-likeness (QED) is 0.709. The third-order valence-electron chi connectivity index (χ3n) is 5.90. The average molecular weight is 403 g/mol. The Morgan fingerprint density at radius 1 is 1.28 bits per heavy atom. The van der Waals surface area contributed by atoms with E-state index >= 15 is 0 Å². The monoisotopic (exact) mass is 403 g/mol. The zero-order valence-electron chi connectivity index (χ0n) is 16.0. The topological polar surface area (TPSA) is 98.9 Å². The van der Waals surface area contributed by atoms with Gasteiger partial charge in [0.15, 0.2) is 5.69 Å². The van der Waals surface area contributed by atoms with Gasteiger partial charge in [-0.15, -0.1) is 0 Å². The molecule has 154 valence electrons. The van der Waals surface area contributed by atoms with Gasteiger partial charge in [-0.05, 0) is 48.9 Å². The molecule has 2 aliphatic heterocycles. The fourth-order valence-electron chi connectivity index (χ4n) is 4.54. The third kappa shape index (κ3) is 3.89. The summed E-state index contributed by atoms with van der Waals surface area (Å²) < 4.78 is 30.2. The van der Waals surface area contributed by atoms with Gasteiger partial charge in [-0.1, -0.05) is 6.07 Å². The van der Waals surface area contributed by atoms with Gasteiger partial charge in [-0.2, -0.15) is 0 Å². The number of nitrogens with zero attached hydrogens (tertiary/aromatic N) is 1. The summed E-state index contributed by atoms with van der Waals surface area (Å²) in [5.41, 5.74) is 1.56. The van der Waals surface area contributed by atoms with Gasteiger partial charge in [-0.3, -0.25) is 4.79 Å². The third-order valence-corrected chi connectivity index (χ3v) is 5.90. The van der Waals surface area contributed by atoms with E-state index in [1.165, 1.54) is 19.2 Å². The lowest BCUT2D eigenvalue weighted by molar-refractivity contribution is -0.140. The van der Waals surface area contributed by atoms with Crippen LogP contribution >= 0.6 is 0 Å². The van der Waals surface area contributed by atoms with Gasteiger partial charge in [0.25, 0.3) is 0 Å². The number of ether oxygens (including phenoxy) is 2. The molecule has 0 amide bonds. The lowest BCUT2D eigenvalue weighted by Crippen LogP contribution is -2.28. The molecule has 0 aliphatic carbocycles. The number of esters is 1. The maximum atomic E-state index is 14.0. The van der Waals surface area contributed by atoms with Crippen LogP contribution in [0.2, 0.25) is 0 Å². The lowest BCUT2D eigenvalue weighted by atomic mass is 9.75. The minimum Gasteiger partial charge on any atom is -0.476 e. The molecule has 1 aromatic heterocycles. The van der Waals surface area contributed by atoms with Crippen LogP contribution in [0.1, 0.15) is 52.7 Å². The highest BCUT2D eigenvalue weighted by molar-refractivity contribution is 5.84. The molecule has 1 N–H and O–H groups in total. The molecular formula is C21H22FNO6. The molecule has 0 radical (unpaired) electrons. The van der Waals surface area contributed by atoms with E-state index in [2.05, 4.69) is 4.98 Å². The normalized spacial score (nSPS) is 25.3. The molecule has 8 heteroatoms. The Morgan fingerprint density at radius 2 is 2.07 bits per heavy atom. The molecule has 29 heavy (non-hydrogen) atoms. The number of benzene rings is 1. The fourth-order valence-corrected chi connectivity index (χ4v) is 4.54. The Morgan fingerprint density at radius 3 is 2.79 bits per heavy atom. The highest BCUT2D eigenvalue weighted by atomic mass is 19.1. The largest absolute Gasteiger partial charge is 0.476 e. The number of fused-ring (bicyclic) bond motifs is 2. The first-order valence-electron chi connectivity index (χ1n) is 9.64. The molecule has 4 rings (SSSR count). The van der Waals surface area contributed by atoms with E-state index in [1.54, 1.807) is 6.07 Å². The Kier molecular flexibility index (Phi) is 5.36. The molecule has 2 saturated heterocycles. The molecule has 4 unspecified atom stereocenters. The number of carboxylic acids is 1. The summed E-state index contributed by atoms with van der Waals surface area (Å²) in [6.45, 7) is 0. The number of aryl methyl sites for hydroxylation is 1. The molecule has 0 saturated carbocycles. The van der Waals surface area contributed by atoms with Crippen LogP contribution in [0.5, 0.6) is 0 Å². The second kappa shape index (κ2) is 7.94. The van der Waals surface area contributed by atoms with Crippen LogP contribution in [-0.4, -0.2) is 41.3 Å². The Labute approximate surface area is 166 Å². The van der Waals surface area contributed by atoms with Crippen molar-refractivity contribution in [1.29, 1.82) is 0 Å². The lowest BCUT2D eigenvalue weighted by Gasteiger charge is -2.26. The van der Waals surface area contributed by atoms with Crippen molar-refractivity contribution in [3.05, 3.63) is 53.0 Å². The van der Waals surface area contributed by atoms with E-state index in [1.807, 2.05) is 0 Å². The maximum Gasteiger partial charge on any atom is 0.357 e. The van der Waals surface area contributed by atoms with Crippen molar-refractivity contribution in [2.24, 2.45) is 5.92 Å². The van der Waals surface area contributed by atoms with Gasteiger partial charge >= 0.3 is 11.9 Å². The Bertz CT molecular complexity index is 926. The van der Waals surface area contributed by atoms with Gasteiger partial charge in [0.2, 0.25) is 5.89 Å². The number of aromatic nitrogens is 1. The van der Waals surface area contributed by atoms with Crippen molar-refractivity contribution >= 4 is 11.9 Å². The summed E-state index contributed by atoms with van der Waals surface area (Å²) in [7, 11) is 1.34. The summed E-state index contributed by atoms with van der Waals surface area (Å²) in [5, 5.41) is 9.13. The molecular weight excluding hydrogens is 381 g/mol. The Hall–Kier alpha value is -2.74. The predicted molar refractivity (Wildman–Crippen MR) is 98.0 cm³/mol. The van der Waals surface area contributed by atoms with Gasteiger partial charge in [0.05, 0.1) is 25.2 Å². The van der Waals surface area contributed by atoms with Gasteiger partial charge in [0, 0.05) is 12.3 Å². The molecule has 3 heterocycles. The standard InChI is InChI=1S/C21H22FNO6/c1-27-18(24)7-3-11-2-4-13(22)8-12(11)9-14-16-5-6-17(29-16)19(14)20-23-15(10-28-20)21(25)26/h2,4,8,10,14,16-17,19H,3,5-7,9H2,1H3,(H,25,26). The van der Waals surface area contributed by atoms with E-state index < -0.39 is 5.97 Å². The number of carbonyl (C=O) groups excluding carboxylic acids is 1. The van der Waals surface area contributed by atoms with Crippen LogP contribution in [0, 0.1) is 11.7 Å². The molecule has 2 bridgehead atoms. The van der Waals surface area contributed by atoms with Gasteiger partial charge in [-0.25, -0.2) is 14.2 Å². The van der Waals surface area contributed by atoms with Crippen LogP contribution in [0.4, 0.5) is 4.39 Å². The number of halogens is 1. The molecule has 2 aromatic rings. The summed E-state index contributed by atoms with van der Waals surface area (Å²) >= 11 is 0. The highest BCUT2D eigenvalue weighted by Crippen LogP contribution is 2.50. The number of rotatable bonds is 7. The van der Waals surface area contributed by atoms with Crippen molar-refractivity contribution in [2.75, 3.05) is 7.11 Å². The number of hydrogen-bond donors (Lipinski definition) is 1. The zero-order valence-corrected chi connectivity index (χ0v) is 16.0. The summed E-state index contributed by atoms with van der Waals surface area (Å²) in [6.07, 6.45) is 4.00. The first-order valence-corrected chi connectivity index (χ1v) is 9.64. The second-order valence-electron chi connectivity index (χ2n) is 7.55. The molecule has 1 aromatic carbocycles. The van der Waals surface area contributed by atoms with Crippen LogP contribution in [0.15, 0.2) is 28.9 Å². The number of carbonyl (C=O) groups is 2. The highest BCUT2D eigenvalue weighted by Gasteiger charge is 2.51. The fraction of sp³-hybridized carbons (Fsp3) is 0.476. The summed E-state index contributed by atoms with van der Waals surface area (Å²) in [5.74, 6) is -1.64. The van der Waals surface area contributed by atoms with Crippen LogP contribution < -0.4 is 0 Å². The molecule has 4 atom stereocenters. The van der Waals surface area contributed by atoms with E-state index in [0.717, 1.165) is 30.2 Å². The van der Waals surface area contributed by atoms with Crippen molar-refractivity contribution < 1.29 is 33.0 Å². The van der Waals surface area contributed by atoms with Crippen LogP contribution in [0.25, 0.3) is 0 Å². The molecule has 0 spiro atoms. The van der Waals surface area contributed by atoms with E-state index in [0.29, 0.717) is 18.7 Å². The minimum atomic E-state index is -1.14. The smallest absolute Gasteiger partial charge is 0.357 e. The summed E-state index contributed by atoms with van der Waals surface area (Å²) in [4.78, 5) is 26.8. The van der Waals surface area contributed by atoms with E-state index in [4.69, 9.17) is 19.0 Å².